The average Bonchev–Trinajstić information content (AvgIpc) is 3.60. The Labute approximate surface area is 378 Å². The number of rotatable bonds is 18. The number of carbonyl (C=O) groups is 6. The van der Waals surface area contributed by atoms with Gasteiger partial charge in [0.2, 0.25) is 0 Å². The number of hydrogen-bond donors (Lipinski definition) is 0. The quantitative estimate of drug-likeness (QED) is 0.0638. The summed E-state index contributed by atoms with van der Waals surface area (Å²) in [5.74, 6) is -5.56. The van der Waals surface area contributed by atoms with Gasteiger partial charge in [-0.15, -0.1) is 0 Å². The van der Waals surface area contributed by atoms with E-state index in [1.807, 2.05) is 0 Å². The van der Waals surface area contributed by atoms with Crippen molar-refractivity contribution in [2.75, 3.05) is 13.2 Å². The summed E-state index contributed by atoms with van der Waals surface area (Å²) in [6, 6.07) is 10.5. The van der Waals surface area contributed by atoms with Gasteiger partial charge in [-0.2, -0.15) is 0 Å². The van der Waals surface area contributed by atoms with E-state index in [0.29, 0.717) is 0 Å². The van der Waals surface area contributed by atoms with Crippen molar-refractivity contribution in [1.29, 1.82) is 0 Å². The predicted molar refractivity (Wildman–Crippen MR) is 219 cm³/mol. The topological polar surface area (TPSA) is 390 Å². The van der Waals surface area contributed by atoms with Crippen molar-refractivity contribution in [3.8, 4) is 0 Å². The second-order valence-electron chi connectivity index (χ2n) is 14.7. The molecular formula is C39H42N12O16. The first kappa shape index (κ1) is 50.3. The third-order valence-corrected chi connectivity index (χ3v) is 10.1. The van der Waals surface area contributed by atoms with Gasteiger partial charge in [0.05, 0.1) is 35.9 Å². The Kier molecular flexibility index (Phi) is 18.1. The fourth-order valence-corrected chi connectivity index (χ4v) is 7.51. The Morgan fingerprint density at radius 1 is 0.537 bits per heavy atom. The normalized spacial score (nSPS) is 29.6. The highest BCUT2D eigenvalue weighted by molar-refractivity contribution is 5.90. The number of nitrogens with zero attached hydrogens (tertiary/aromatic N) is 12. The Morgan fingerprint density at radius 2 is 1.01 bits per heavy atom. The van der Waals surface area contributed by atoms with Crippen LogP contribution in [0, 0.1) is 0 Å². The van der Waals surface area contributed by atoms with Gasteiger partial charge >= 0.3 is 35.8 Å². The monoisotopic (exact) mass is 934 g/mol. The smallest absolute Gasteiger partial charge is 0.338 e. The molecule has 0 aromatic heterocycles. The molecule has 1 saturated carbocycles. The van der Waals surface area contributed by atoms with E-state index in [-0.39, 0.29) is 11.1 Å². The lowest BCUT2D eigenvalue weighted by Crippen LogP contribution is -2.65. The number of azide groups is 4. The van der Waals surface area contributed by atoms with E-state index in [4.69, 9.17) is 47.4 Å². The third kappa shape index (κ3) is 13.2. The van der Waals surface area contributed by atoms with Gasteiger partial charge in [-0.3, -0.25) is 19.2 Å². The molecule has 2 aliphatic heterocycles. The summed E-state index contributed by atoms with van der Waals surface area (Å²) in [6.45, 7) is 2.88. The minimum absolute atomic E-state index is 0.0209. The fourth-order valence-electron chi connectivity index (χ4n) is 7.51. The SMILES string of the molecule is CC(=O)OCC1O[C@@H](O[C@H]2C(N=[N+]=[N-])C[C@@H](N=[N+]=[N-])C(OC(C)=O)[C@H]2O[C@@H]2O[C@H](CN=[N+]=[N-])[C@H](OC(=O)c3ccccc3)C2OC(=O)c2ccccc2)C(N=[N+]=[N-])[C@@H](OC(C)=O)[C@H]1OC(C)=O. The highest BCUT2D eigenvalue weighted by Crippen LogP contribution is 2.39. The Morgan fingerprint density at radius 3 is 1.54 bits per heavy atom. The summed E-state index contributed by atoms with van der Waals surface area (Å²) in [5, 5.41) is 14.9. The standard InChI is InChI=1S/C39H42N12O16/c1-18(52)58-17-27-32(60-20(3)54)33(61-21(4)55)28(47-51-43)38(63-27)66-30-25(46-50-42)15-24(45-49-41)29(59-19(2)53)34(30)67-39-35(65-37(57)23-13-9-6-10-14-23)31(26(62-39)16-44-48-40)64-36(56)22-11-7-5-8-12-22/h5-14,24-35,38-39H,15-17H2,1-4H3/t24-,25?,26-,27?,28?,29?,30+,31+,32+,33-,34-,35?,38+,39+/m1/s1. The van der Waals surface area contributed by atoms with Gasteiger partial charge in [0.25, 0.3) is 0 Å². The Hall–Kier alpha value is -7.66. The van der Waals surface area contributed by atoms with Gasteiger partial charge in [-0.05, 0) is 52.8 Å². The summed E-state index contributed by atoms with van der Waals surface area (Å²) in [4.78, 5) is 88.4. The van der Waals surface area contributed by atoms with Crippen LogP contribution in [0.15, 0.2) is 81.1 Å². The molecule has 3 fully saturated rings. The zero-order valence-corrected chi connectivity index (χ0v) is 35.9. The van der Waals surface area contributed by atoms with Gasteiger partial charge < -0.3 is 47.4 Å². The first-order chi connectivity index (χ1) is 32.2. The zero-order valence-electron chi connectivity index (χ0n) is 35.9. The molecule has 1 aliphatic carbocycles. The molecule has 2 aromatic carbocycles. The minimum Gasteiger partial charge on any atom is -0.463 e. The molecule has 2 aromatic rings. The van der Waals surface area contributed by atoms with Crippen molar-refractivity contribution in [2.24, 2.45) is 20.5 Å². The fraction of sp³-hybridized carbons (Fsp3) is 0.538. The number of ether oxygens (including phenoxy) is 10. The van der Waals surface area contributed by atoms with Crippen molar-refractivity contribution in [3.63, 3.8) is 0 Å². The van der Waals surface area contributed by atoms with Crippen LogP contribution in [0.2, 0.25) is 0 Å². The van der Waals surface area contributed by atoms with Crippen molar-refractivity contribution in [1.82, 2.24) is 0 Å². The van der Waals surface area contributed by atoms with E-state index in [1.165, 1.54) is 24.3 Å². The van der Waals surface area contributed by atoms with Crippen molar-refractivity contribution in [3.05, 3.63) is 114 Å². The second-order valence-corrected chi connectivity index (χ2v) is 14.7. The molecule has 5 unspecified atom stereocenters. The number of carbonyl (C=O) groups excluding carboxylic acids is 6. The lowest BCUT2D eigenvalue weighted by molar-refractivity contribution is -0.312. The molecule has 0 amide bonds. The number of benzene rings is 2. The van der Waals surface area contributed by atoms with Crippen molar-refractivity contribution >= 4 is 35.8 Å². The van der Waals surface area contributed by atoms with Crippen LogP contribution in [0.25, 0.3) is 41.8 Å². The minimum atomic E-state index is -1.93. The van der Waals surface area contributed by atoms with Crippen LogP contribution in [0.4, 0.5) is 0 Å². The average molecular weight is 935 g/mol. The molecule has 67 heavy (non-hydrogen) atoms. The molecule has 354 valence electrons. The molecule has 0 spiro atoms. The largest absolute Gasteiger partial charge is 0.463 e. The van der Waals surface area contributed by atoms with Gasteiger partial charge in [0, 0.05) is 47.3 Å². The first-order valence-corrected chi connectivity index (χ1v) is 20.1. The lowest BCUT2D eigenvalue weighted by Gasteiger charge is -2.48. The second kappa shape index (κ2) is 24.0. The number of esters is 6. The Bertz CT molecular complexity index is 2320. The van der Waals surface area contributed by atoms with Crippen LogP contribution in [-0.2, 0) is 66.5 Å². The van der Waals surface area contributed by atoms with E-state index in [9.17, 15) is 50.9 Å². The summed E-state index contributed by atoms with van der Waals surface area (Å²) >= 11 is 0. The van der Waals surface area contributed by atoms with Crippen LogP contribution in [-0.4, -0.2) is 135 Å². The van der Waals surface area contributed by atoms with Crippen LogP contribution >= 0.6 is 0 Å². The van der Waals surface area contributed by atoms with Crippen LogP contribution in [0.3, 0.4) is 0 Å². The van der Waals surface area contributed by atoms with E-state index >= 15 is 0 Å². The van der Waals surface area contributed by atoms with E-state index in [2.05, 4.69) is 40.1 Å². The summed E-state index contributed by atoms with van der Waals surface area (Å²) in [6.07, 6.45) is -19.2. The predicted octanol–water partition coefficient (Wildman–Crippen LogP) is 4.77. The Balaban J connectivity index is 1.67. The van der Waals surface area contributed by atoms with Crippen LogP contribution in [0.1, 0.15) is 54.8 Å². The third-order valence-electron chi connectivity index (χ3n) is 10.1. The maximum absolute atomic E-state index is 13.8. The van der Waals surface area contributed by atoms with Crippen molar-refractivity contribution < 1.29 is 76.1 Å². The molecule has 28 heteroatoms. The van der Waals surface area contributed by atoms with E-state index in [0.717, 1.165) is 27.7 Å². The van der Waals surface area contributed by atoms with E-state index < -0.39 is 141 Å². The first-order valence-electron chi connectivity index (χ1n) is 20.1. The molecule has 5 rings (SSSR count). The molecule has 3 aliphatic rings. The molecule has 2 heterocycles. The van der Waals surface area contributed by atoms with Gasteiger partial charge in [-0.1, -0.05) is 56.9 Å². The van der Waals surface area contributed by atoms with Crippen molar-refractivity contribution in [2.45, 2.75) is 120 Å². The highest BCUT2D eigenvalue weighted by Gasteiger charge is 2.58. The maximum atomic E-state index is 13.8. The zero-order chi connectivity index (χ0) is 48.6. The van der Waals surface area contributed by atoms with Crippen LogP contribution < -0.4 is 0 Å². The maximum Gasteiger partial charge on any atom is 0.338 e. The van der Waals surface area contributed by atoms with E-state index in [1.54, 1.807) is 36.4 Å². The summed E-state index contributed by atoms with van der Waals surface area (Å²) < 4.78 is 58.9. The molecule has 0 bridgehead atoms. The van der Waals surface area contributed by atoms with Gasteiger partial charge in [0.15, 0.2) is 37.0 Å². The molecule has 14 atom stereocenters. The van der Waals surface area contributed by atoms with Crippen LogP contribution in [0.5, 0.6) is 0 Å². The molecular weight excluding hydrogens is 892 g/mol. The summed E-state index contributed by atoms with van der Waals surface area (Å²) in [7, 11) is 0. The van der Waals surface area contributed by atoms with Gasteiger partial charge in [-0.25, -0.2) is 9.59 Å². The summed E-state index contributed by atoms with van der Waals surface area (Å²) in [5.41, 5.74) is 38.6. The number of hydrogen-bond acceptors (Lipinski definition) is 20. The highest BCUT2D eigenvalue weighted by atomic mass is 16.8. The molecule has 0 radical (unpaired) electrons. The molecule has 28 nitrogen and oxygen atoms in total. The van der Waals surface area contributed by atoms with Gasteiger partial charge in [0.1, 0.15) is 37.1 Å². The lowest BCUT2D eigenvalue weighted by atomic mass is 9.83. The molecule has 2 saturated heterocycles. The molecule has 0 N–H and O–H groups in total.